The highest BCUT2D eigenvalue weighted by molar-refractivity contribution is 7.11. The fourth-order valence-corrected chi connectivity index (χ4v) is 5.02. The summed E-state index contributed by atoms with van der Waals surface area (Å²) >= 11 is 13.7. The minimum Gasteiger partial charge on any atom is -0.458 e. The molecule has 3 nitrogen and oxygen atoms in total. The molecule has 1 saturated heterocycles. The smallest absolute Gasteiger partial charge is 0.348 e. The first-order valence-electron chi connectivity index (χ1n) is 7.99. The number of carbonyl (C=O) groups excluding carboxylic acids is 1. The SMILES string of the molecule is O=C(O[C@@H]1C[C@@H]2CNC[C@]2(c2ccc(Cl)c(Cl)c2)C1)c1cccs1. The maximum Gasteiger partial charge on any atom is 0.348 e. The van der Waals surface area contributed by atoms with Gasteiger partial charge in [-0.15, -0.1) is 11.3 Å². The third-order valence-corrected chi connectivity index (χ3v) is 6.83. The van der Waals surface area contributed by atoms with E-state index in [1.165, 1.54) is 16.9 Å². The van der Waals surface area contributed by atoms with Gasteiger partial charge in [0.25, 0.3) is 0 Å². The van der Waals surface area contributed by atoms with Crippen LogP contribution in [0.25, 0.3) is 0 Å². The first kappa shape index (κ1) is 16.4. The number of rotatable bonds is 3. The molecular weight excluding hydrogens is 365 g/mol. The fourth-order valence-electron chi connectivity index (χ4n) is 4.12. The van der Waals surface area contributed by atoms with Gasteiger partial charge in [-0.3, -0.25) is 0 Å². The molecule has 0 radical (unpaired) electrons. The molecule has 1 aliphatic heterocycles. The van der Waals surface area contributed by atoms with Gasteiger partial charge in [0.2, 0.25) is 0 Å². The second-order valence-corrected chi connectivity index (χ2v) is 8.32. The van der Waals surface area contributed by atoms with Crippen molar-refractivity contribution in [3.8, 4) is 0 Å². The van der Waals surface area contributed by atoms with Gasteiger partial charge >= 0.3 is 5.97 Å². The normalized spacial score (nSPS) is 28.8. The van der Waals surface area contributed by atoms with Crippen molar-refractivity contribution in [3.05, 3.63) is 56.2 Å². The van der Waals surface area contributed by atoms with E-state index < -0.39 is 0 Å². The van der Waals surface area contributed by atoms with Crippen LogP contribution in [0.3, 0.4) is 0 Å². The zero-order valence-corrected chi connectivity index (χ0v) is 15.3. The number of hydrogen-bond donors (Lipinski definition) is 1. The van der Waals surface area contributed by atoms with Gasteiger partial charge in [0, 0.05) is 12.0 Å². The number of esters is 1. The van der Waals surface area contributed by atoms with Gasteiger partial charge in [-0.1, -0.05) is 35.3 Å². The van der Waals surface area contributed by atoms with Gasteiger partial charge in [-0.25, -0.2) is 4.79 Å². The minimum atomic E-state index is -0.216. The van der Waals surface area contributed by atoms with E-state index in [1.54, 1.807) is 6.07 Å². The number of thiophene rings is 1. The maximum atomic E-state index is 12.3. The second-order valence-electron chi connectivity index (χ2n) is 6.56. The highest BCUT2D eigenvalue weighted by atomic mass is 35.5. The van der Waals surface area contributed by atoms with Crippen molar-refractivity contribution in [2.24, 2.45) is 5.92 Å². The van der Waals surface area contributed by atoms with E-state index in [4.69, 9.17) is 27.9 Å². The fraction of sp³-hybridized carbons (Fsp3) is 0.389. The van der Waals surface area contributed by atoms with Crippen molar-refractivity contribution in [2.45, 2.75) is 24.4 Å². The van der Waals surface area contributed by atoms with E-state index in [0.717, 1.165) is 25.9 Å². The van der Waals surface area contributed by atoms with Crippen LogP contribution in [0.5, 0.6) is 0 Å². The second kappa shape index (κ2) is 6.34. The van der Waals surface area contributed by atoms with Crippen LogP contribution in [0, 0.1) is 5.92 Å². The molecule has 1 N–H and O–H groups in total. The highest BCUT2D eigenvalue weighted by Crippen LogP contribution is 2.49. The molecule has 2 fully saturated rings. The average molecular weight is 382 g/mol. The summed E-state index contributed by atoms with van der Waals surface area (Å²) in [6.45, 7) is 1.82. The lowest BCUT2D eigenvalue weighted by Crippen LogP contribution is -2.32. The van der Waals surface area contributed by atoms with Crippen molar-refractivity contribution in [1.29, 1.82) is 0 Å². The van der Waals surface area contributed by atoms with Crippen LogP contribution < -0.4 is 5.32 Å². The van der Waals surface area contributed by atoms with Gasteiger partial charge < -0.3 is 10.1 Å². The molecule has 1 saturated carbocycles. The van der Waals surface area contributed by atoms with Gasteiger partial charge in [0.1, 0.15) is 11.0 Å². The lowest BCUT2D eigenvalue weighted by atomic mass is 9.74. The third-order valence-electron chi connectivity index (χ3n) is 5.24. The maximum absolute atomic E-state index is 12.3. The molecular formula is C18H17Cl2NO2S. The summed E-state index contributed by atoms with van der Waals surface area (Å²) in [5.41, 5.74) is 1.15. The molecule has 6 heteroatoms. The van der Waals surface area contributed by atoms with E-state index in [9.17, 15) is 4.79 Å². The molecule has 0 bridgehead atoms. The van der Waals surface area contributed by atoms with Gasteiger partial charge in [0.15, 0.2) is 0 Å². The number of halogens is 2. The zero-order valence-electron chi connectivity index (χ0n) is 12.9. The molecule has 1 aromatic heterocycles. The lowest BCUT2D eigenvalue weighted by molar-refractivity contribution is 0.0303. The summed E-state index contributed by atoms with van der Waals surface area (Å²) < 4.78 is 5.78. The largest absolute Gasteiger partial charge is 0.458 e. The molecule has 2 heterocycles. The summed E-state index contributed by atoms with van der Waals surface area (Å²) in [7, 11) is 0. The number of benzene rings is 1. The van der Waals surface area contributed by atoms with Crippen LogP contribution in [-0.2, 0) is 10.2 Å². The molecule has 0 amide bonds. The quantitative estimate of drug-likeness (QED) is 0.793. The Balaban J connectivity index is 1.57. The van der Waals surface area contributed by atoms with Gasteiger partial charge in [0.05, 0.1) is 10.0 Å². The summed E-state index contributed by atoms with van der Waals surface area (Å²) in [6.07, 6.45) is 1.64. The number of ether oxygens (including phenoxy) is 1. The van der Waals surface area contributed by atoms with E-state index in [1.807, 2.05) is 23.6 Å². The monoisotopic (exact) mass is 381 g/mol. The van der Waals surface area contributed by atoms with Crippen LogP contribution in [-0.4, -0.2) is 25.2 Å². The number of nitrogens with one attached hydrogen (secondary N) is 1. The van der Waals surface area contributed by atoms with E-state index in [0.29, 0.717) is 20.8 Å². The Morgan fingerprint density at radius 2 is 2.17 bits per heavy atom. The van der Waals surface area contributed by atoms with Crippen LogP contribution in [0.15, 0.2) is 35.7 Å². The Morgan fingerprint density at radius 3 is 2.92 bits per heavy atom. The average Bonchev–Trinajstić information content (AvgIpc) is 3.25. The topological polar surface area (TPSA) is 38.3 Å². The standard InChI is InChI=1S/C18H17Cl2NO2S/c19-14-4-3-11(7-15(14)20)18-8-13(6-12(18)9-21-10-18)23-17(22)16-2-1-5-24-16/h1-5,7,12-13,21H,6,8-10H2/t12-,13-,18+/m1/s1. The molecule has 0 unspecified atom stereocenters. The molecule has 0 spiro atoms. The predicted molar refractivity (Wildman–Crippen MR) is 97.3 cm³/mol. The molecule has 3 atom stereocenters. The summed E-state index contributed by atoms with van der Waals surface area (Å²) in [4.78, 5) is 12.9. The number of fused-ring (bicyclic) bond motifs is 1. The van der Waals surface area contributed by atoms with Crippen molar-refractivity contribution in [2.75, 3.05) is 13.1 Å². The van der Waals surface area contributed by atoms with E-state index in [-0.39, 0.29) is 17.5 Å². The van der Waals surface area contributed by atoms with Crippen LogP contribution in [0.4, 0.5) is 0 Å². The molecule has 2 aromatic rings. The van der Waals surface area contributed by atoms with Crippen LogP contribution in [0.2, 0.25) is 10.0 Å². The van der Waals surface area contributed by atoms with E-state index in [2.05, 4.69) is 11.4 Å². The highest BCUT2D eigenvalue weighted by Gasteiger charge is 2.52. The zero-order chi connectivity index (χ0) is 16.7. The molecule has 4 rings (SSSR count). The Labute approximate surface area is 154 Å². The van der Waals surface area contributed by atoms with Gasteiger partial charge in [-0.2, -0.15) is 0 Å². The van der Waals surface area contributed by atoms with Crippen molar-refractivity contribution in [1.82, 2.24) is 5.32 Å². The minimum absolute atomic E-state index is 0.0331. The Bertz CT molecular complexity index is 764. The summed E-state index contributed by atoms with van der Waals surface area (Å²) in [6, 6.07) is 9.55. The Morgan fingerprint density at radius 1 is 1.29 bits per heavy atom. The summed E-state index contributed by atoms with van der Waals surface area (Å²) in [5, 5.41) is 6.52. The Kier molecular flexibility index (Phi) is 4.33. The van der Waals surface area contributed by atoms with Crippen LogP contribution >= 0.6 is 34.5 Å². The van der Waals surface area contributed by atoms with E-state index >= 15 is 0 Å². The summed E-state index contributed by atoms with van der Waals surface area (Å²) in [5.74, 6) is 0.225. The first-order chi connectivity index (χ1) is 11.6. The number of carbonyl (C=O) groups is 1. The lowest BCUT2D eigenvalue weighted by Gasteiger charge is -2.29. The molecule has 24 heavy (non-hydrogen) atoms. The Hall–Kier alpha value is -1.07. The first-order valence-corrected chi connectivity index (χ1v) is 9.63. The molecule has 1 aromatic carbocycles. The molecule has 2 aliphatic rings. The van der Waals surface area contributed by atoms with Crippen molar-refractivity contribution < 1.29 is 9.53 Å². The van der Waals surface area contributed by atoms with Crippen molar-refractivity contribution in [3.63, 3.8) is 0 Å². The van der Waals surface area contributed by atoms with Gasteiger partial charge in [-0.05, 0) is 54.4 Å². The van der Waals surface area contributed by atoms with Crippen LogP contribution in [0.1, 0.15) is 28.1 Å². The molecule has 126 valence electrons. The van der Waals surface area contributed by atoms with Crippen molar-refractivity contribution >= 4 is 40.5 Å². The predicted octanol–water partition coefficient (Wildman–Crippen LogP) is 4.53. The third kappa shape index (κ3) is 2.76. The molecule has 1 aliphatic carbocycles. The number of hydrogen-bond acceptors (Lipinski definition) is 4.